The van der Waals surface area contributed by atoms with Gasteiger partial charge in [-0.05, 0) is 56.5 Å². The van der Waals surface area contributed by atoms with Crippen LogP contribution in [0.15, 0.2) is 36.4 Å². The van der Waals surface area contributed by atoms with Crippen LogP contribution < -0.4 is 0 Å². The first-order valence-corrected chi connectivity index (χ1v) is 9.77. The maximum atomic E-state index is 12.3. The molecule has 2 heterocycles. The highest BCUT2D eigenvalue weighted by Crippen LogP contribution is 2.31. The predicted molar refractivity (Wildman–Crippen MR) is 109 cm³/mol. The Morgan fingerprint density at radius 2 is 1.81 bits per heavy atom. The highest BCUT2D eigenvalue weighted by Gasteiger charge is 2.33. The zero-order valence-corrected chi connectivity index (χ0v) is 16.6. The first-order chi connectivity index (χ1) is 13.0. The Kier molecular flexibility index (Phi) is 4.50. The number of carbonyl (C=O) groups is 1. The number of amides is 1. The summed E-state index contributed by atoms with van der Waals surface area (Å²) in [6.45, 7) is 10.9. The minimum absolute atomic E-state index is 0.163. The Labute approximate surface area is 160 Å². The number of likely N-dealkylation sites (N-methyl/N-ethyl adjacent to an activating group) is 1. The van der Waals surface area contributed by atoms with Crippen molar-refractivity contribution in [1.29, 1.82) is 0 Å². The number of nitrogens with zero attached hydrogens (tertiary/aromatic N) is 3. The summed E-state index contributed by atoms with van der Waals surface area (Å²) in [4.78, 5) is 19.2. The molecule has 4 nitrogen and oxygen atoms in total. The van der Waals surface area contributed by atoms with Crippen LogP contribution in [0.25, 0.3) is 11.0 Å². The zero-order chi connectivity index (χ0) is 19.1. The lowest BCUT2D eigenvalue weighted by atomic mass is 9.99. The standard InChI is InChI=1S/C23H27N3O/c1-5-25-13-18(12-22(25)27)23-24-20-8-6-7-9-21(20)26(23)14-19-16(3)10-15(2)11-17(19)4/h6-11,18H,5,12-14H2,1-4H3. The molecule has 4 heteroatoms. The first kappa shape index (κ1) is 17.8. The summed E-state index contributed by atoms with van der Waals surface area (Å²) in [6, 6.07) is 12.8. The molecule has 0 radical (unpaired) electrons. The van der Waals surface area contributed by atoms with Gasteiger partial charge in [0.05, 0.1) is 11.0 Å². The zero-order valence-electron chi connectivity index (χ0n) is 16.6. The highest BCUT2D eigenvalue weighted by atomic mass is 16.2. The molecule has 1 atom stereocenters. The summed E-state index contributed by atoms with van der Waals surface area (Å²) < 4.78 is 2.33. The van der Waals surface area contributed by atoms with Crippen molar-refractivity contribution < 1.29 is 4.79 Å². The molecule has 1 aliphatic heterocycles. The van der Waals surface area contributed by atoms with E-state index in [0.717, 1.165) is 36.5 Å². The normalized spacial score (nSPS) is 17.3. The second-order valence-electron chi connectivity index (χ2n) is 7.76. The Hall–Kier alpha value is -2.62. The minimum Gasteiger partial charge on any atom is -0.342 e. The molecule has 0 aliphatic carbocycles. The van der Waals surface area contributed by atoms with Gasteiger partial charge < -0.3 is 9.47 Å². The molecule has 1 fully saturated rings. The SMILES string of the molecule is CCN1CC(c2nc3ccccc3n2Cc2c(C)cc(C)cc2C)CC1=O. The lowest BCUT2D eigenvalue weighted by molar-refractivity contribution is -0.127. The fraction of sp³-hybridized carbons (Fsp3) is 0.391. The van der Waals surface area contributed by atoms with E-state index >= 15 is 0 Å². The summed E-state index contributed by atoms with van der Waals surface area (Å²) in [7, 11) is 0. The van der Waals surface area contributed by atoms with Crippen molar-refractivity contribution in [1.82, 2.24) is 14.5 Å². The largest absolute Gasteiger partial charge is 0.342 e. The molecule has 3 aromatic rings. The maximum absolute atomic E-state index is 12.3. The first-order valence-electron chi connectivity index (χ1n) is 9.77. The van der Waals surface area contributed by atoms with E-state index in [9.17, 15) is 4.79 Å². The number of para-hydroxylation sites is 2. The third kappa shape index (κ3) is 3.14. The van der Waals surface area contributed by atoms with Crippen LogP contribution in [-0.4, -0.2) is 33.4 Å². The summed E-state index contributed by atoms with van der Waals surface area (Å²) >= 11 is 0. The van der Waals surface area contributed by atoms with Gasteiger partial charge in [0.25, 0.3) is 0 Å². The van der Waals surface area contributed by atoms with E-state index in [1.807, 2.05) is 17.9 Å². The topological polar surface area (TPSA) is 38.1 Å². The Balaban J connectivity index is 1.81. The van der Waals surface area contributed by atoms with Crippen molar-refractivity contribution >= 4 is 16.9 Å². The summed E-state index contributed by atoms with van der Waals surface area (Å²) in [5.74, 6) is 1.44. The molecule has 0 spiro atoms. The predicted octanol–water partition coefficient (Wildman–Crippen LogP) is 4.35. The smallest absolute Gasteiger partial charge is 0.223 e. The second kappa shape index (κ2) is 6.84. The van der Waals surface area contributed by atoms with Crippen LogP contribution in [-0.2, 0) is 11.3 Å². The lowest BCUT2D eigenvalue weighted by Gasteiger charge is -2.18. The molecule has 27 heavy (non-hydrogen) atoms. The molecule has 2 aromatic carbocycles. The summed E-state index contributed by atoms with van der Waals surface area (Å²) in [5.41, 5.74) is 7.43. The van der Waals surface area contributed by atoms with Crippen LogP contribution in [0.5, 0.6) is 0 Å². The van der Waals surface area contributed by atoms with E-state index in [4.69, 9.17) is 4.98 Å². The summed E-state index contributed by atoms with van der Waals surface area (Å²) in [6.07, 6.45) is 0.559. The van der Waals surface area contributed by atoms with Crippen molar-refractivity contribution in [3.8, 4) is 0 Å². The van der Waals surface area contributed by atoms with Gasteiger partial charge in [-0.25, -0.2) is 4.98 Å². The molecule has 1 unspecified atom stereocenters. The average Bonchev–Trinajstić information content (AvgIpc) is 3.18. The number of hydrogen-bond acceptors (Lipinski definition) is 2. The van der Waals surface area contributed by atoms with E-state index in [0.29, 0.717) is 6.42 Å². The lowest BCUT2D eigenvalue weighted by Crippen LogP contribution is -2.24. The number of carbonyl (C=O) groups excluding carboxylic acids is 1. The molecule has 4 rings (SSSR count). The Bertz CT molecular complexity index is 995. The number of benzene rings is 2. The van der Waals surface area contributed by atoms with Gasteiger partial charge in [0, 0.05) is 32.0 Å². The number of imidazole rings is 1. The van der Waals surface area contributed by atoms with Gasteiger partial charge >= 0.3 is 0 Å². The van der Waals surface area contributed by atoms with Crippen LogP contribution in [0.3, 0.4) is 0 Å². The number of aryl methyl sites for hydroxylation is 3. The van der Waals surface area contributed by atoms with Crippen LogP contribution in [0.4, 0.5) is 0 Å². The van der Waals surface area contributed by atoms with Crippen LogP contribution in [0, 0.1) is 20.8 Å². The quantitative estimate of drug-likeness (QED) is 0.693. The van der Waals surface area contributed by atoms with Gasteiger partial charge in [-0.3, -0.25) is 4.79 Å². The van der Waals surface area contributed by atoms with Gasteiger partial charge in [-0.1, -0.05) is 29.8 Å². The van der Waals surface area contributed by atoms with E-state index in [2.05, 4.69) is 55.7 Å². The number of fused-ring (bicyclic) bond motifs is 1. The minimum atomic E-state index is 0.163. The fourth-order valence-electron chi connectivity index (χ4n) is 4.44. The van der Waals surface area contributed by atoms with Gasteiger partial charge in [0.1, 0.15) is 5.82 Å². The molecule has 0 bridgehead atoms. The van der Waals surface area contributed by atoms with Crippen molar-refractivity contribution in [3.63, 3.8) is 0 Å². The molecule has 0 saturated carbocycles. The summed E-state index contributed by atoms with van der Waals surface area (Å²) in [5, 5.41) is 0. The molecular formula is C23H27N3O. The van der Waals surface area contributed by atoms with E-state index in [1.165, 1.54) is 22.3 Å². The van der Waals surface area contributed by atoms with E-state index < -0.39 is 0 Å². The number of likely N-dealkylation sites (tertiary alicyclic amines) is 1. The monoisotopic (exact) mass is 361 g/mol. The second-order valence-corrected chi connectivity index (χ2v) is 7.76. The van der Waals surface area contributed by atoms with Crippen molar-refractivity contribution in [2.75, 3.05) is 13.1 Å². The van der Waals surface area contributed by atoms with Crippen LogP contribution in [0.2, 0.25) is 0 Å². The molecule has 1 saturated heterocycles. The van der Waals surface area contributed by atoms with Gasteiger partial charge in [-0.2, -0.15) is 0 Å². The van der Waals surface area contributed by atoms with Crippen molar-refractivity contribution in [2.45, 2.75) is 46.6 Å². The number of aromatic nitrogens is 2. The van der Waals surface area contributed by atoms with Crippen LogP contribution >= 0.6 is 0 Å². The highest BCUT2D eigenvalue weighted by molar-refractivity contribution is 5.81. The molecule has 1 aliphatic rings. The third-order valence-electron chi connectivity index (χ3n) is 5.80. The molecule has 1 aromatic heterocycles. The maximum Gasteiger partial charge on any atom is 0.223 e. The third-order valence-corrected chi connectivity index (χ3v) is 5.80. The van der Waals surface area contributed by atoms with Gasteiger partial charge in [-0.15, -0.1) is 0 Å². The molecule has 140 valence electrons. The van der Waals surface area contributed by atoms with Crippen LogP contribution in [0.1, 0.15) is 47.3 Å². The number of hydrogen-bond donors (Lipinski definition) is 0. The van der Waals surface area contributed by atoms with E-state index in [1.54, 1.807) is 0 Å². The molecule has 0 N–H and O–H groups in total. The van der Waals surface area contributed by atoms with Crippen molar-refractivity contribution in [3.05, 3.63) is 64.5 Å². The Morgan fingerprint density at radius 1 is 1.11 bits per heavy atom. The van der Waals surface area contributed by atoms with Gasteiger partial charge in [0.2, 0.25) is 5.91 Å². The average molecular weight is 361 g/mol. The van der Waals surface area contributed by atoms with E-state index in [-0.39, 0.29) is 11.8 Å². The Morgan fingerprint density at radius 3 is 2.48 bits per heavy atom. The van der Waals surface area contributed by atoms with Crippen molar-refractivity contribution in [2.24, 2.45) is 0 Å². The number of rotatable bonds is 4. The molecular weight excluding hydrogens is 334 g/mol. The fourth-order valence-corrected chi connectivity index (χ4v) is 4.44. The van der Waals surface area contributed by atoms with Gasteiger partial charge in [0.15, 0.2) is 0 Å². The molecule has 1 amide bonds.